The second-order valence-electron chi connectivity index (χ2n) is 7.50. The van der Waals surface area contributed by atoms with Gasteiger partial charge in [-0.15, -0.1) is 0 Å². The van der Waals surface area contributed by atoms with Gasteiger partial charge in [-0.05, 0) is 37.0 Å². The van der Waals surface area contributed by atoms with Gasteiger partial charge in [0.2, 0.25) is 11.8 Å². The Labute approximate surface area is 138 Å². The van der Waals surface area contributed by atoms with Crippen molar-refractivity contribution in [3.63, 3.8) is 0 Å². The summed E-state index contributed by atoms with van der Waals surface area (Å²) in [5.74, 6) is 0.367. The predicted octanol–water partition coefficient (Wildman–Crippen LogP) is 1.39. The van der Waals surface area contributed by atoms with Crippen LogP contribution in [0.5, 0.6) is 0 Å². The van der Waals surface area contributed by atoms with Gasteiger partial charge in [0.1, 0.15) is 0 Å². The van der Waals surface area contributed by atoms with Crippen LogP contribution >= 0.6 is 0 Å². The topological polar surface area (TPSA) is 82.0 Å². The number of piperidine rings is 1. The third-order valence-electron chi connectivity index (χ3n) is 4.88. The lowest BCUT2D eigenvalue weighted by Gasteiger charge is -2.37. The number of aliphatic hydroxyl groups excluding tert-OH is 1. The van der Waals surface area contributed by atoms with Crippen molar-refractivity contribution in [3.05, 3.63) is 0 Å². The van der Waals surface area contributed by atoms with Gasteiger partial charge >= 0.3 is 0 Å². The number of rotatable bonds is 4. The van der Waals surface area contributed by atoms with E-state index in [2.05, 4.69) is 24.3 Å². The van der Waals surface area contributed by atoms with Crippen molar-refractivity contribution in [1.82, 2.24) is 10.3 Å². The van der Waals surface area contributed by atoms with Crippen LogP contribution in [0.25, 0.3) is 0 Å². The molecule has 4 atom stereocenters. The molecule has 1 aliphatic carbocycles. The molecule has 1 aliphatic heterocycles. The van der Waals surface area contributed by atoms with Crippen molar-refractivity contribution >= 4 is 17.5 Å². The molecule has 130 valence electrons. The van der Waals surface area contributed by atoms with Gasteiger partial charge in [0, 0.05) is 38.6 Å². The van der Waals surface area contributed by atoms with E-state index in [0.717, 1.165) is 18.6 Å². The highest BCUT2D eigenvalue weighted by atomic mass is 16.3. The second kappa shape index (κ2) is 7.43. The summed E-state index contributed by atoms with van der Waals surface area (Å²) in [6.45, 7) is 4.37. The van der Waals surface area contributed by atoms with Crippen LogP contribution in [-0.4, -0.2) is 47.8 Å². The van der Waals surface area contributed by atoms with Crippen LogP contribution in [0.2, 0.25) is 0 Å². The number of carbonyl (C=O) groups excluding carboxylic acids is 2. The Bertz CT molecular complexity index is 473. The number of imide groups is 1. The lowest BCUT2D eigenvalue weighted by atomic mass is 9.71. The molecule has 0 aromatic rings. The Kier molecular flexibility index (Phi) is 5.79. The number of carbonyl (C=O) groups is 2. The SMILES string of the molecule is C[C@H]1C[C@@H]([C@H](O)CC2CC(=O)NC(=O)C2)/C(=N/N(C)C)[C@@H](C)C1. The van der Waals surface area contributed by atoms with Crippen molar-refractivity contribution in [2.45, 2.75) is 52.1 Å². The molecule has 2 amide bonds. The first-order valence-corrected chi connectivity index (χ1v) is 8.52. The van der Waals surface area contributed by atoms with E-state index in [1.807, 2.05) is 14.1 Å². The van der Waals surface area contributed by atoms with Crippen molar-refractivity contribution < 1.29 is 14.7 Å². The molecule has 0 aromatic carbocycles. The van der Waals surface area contributed by atoms with Crippen LogP contribution in [-0.2, 0) is 9.59 Å². The lowest BCUT2D eigenvalue weighted by molar-refractivity contribution is -0.135. The van der Waals surface area contributed by atoms with Gasteiger partial charge in [-0.3, -0.25) is 14.9 Å². The van der Waals surface area contributed by atoms with E-state index in [4.69, 9.17) is 0 Å². The molecule has 23 heavy (non-hydrogen) atoms. The van der Waals surface area contributed by atoms with Gasteiger partial charge in [0.25, 0.3) is 0 Å². The van der Waals surface area contributed by atoms with Crippen LogP contribution in [0.15, 0.2) is 5.10 Å². The Balaban J connectivity index is 2.09. The van der Waals surface area contributed by atoms with Gasteiger partial charge in [-0.1, -0.05) is 13.8 Å². The minimum atomic E-state index is -0.553. The summed E-state index contributed by atoms with van der Waals surface area (Å²) >= 11 is 0. The Morgan fingerprint density at radius 1 is 1.22 bits per heavy atom. The summed E-state index contributed by atoms with van der Waals surface area (Å²) in [6, 6.07) is 0. The smallest absolute Gasteiger partial charge is 0.226 e. The number of aliphatic hydroxyl groups is 1. The Hall–Kier alpha value is -1.43. The Morgan fingerprint density at radius 3 is 2.39 bits per heavy atom. The van der Waals surface area contributed by atoms with Crippen LogP contribution < -0.4 is 5.32 Å². The molecule has 0 spiro atoms. The van der Waals surface area contributed by atoms with Crippen molar-refractivity contribution in [3.8, 4) is 0 Å². The monoisotopic (exact) mass is 323 g/mol. The van der Waals surface area contributed by atoms with Gasteiger partial charge in [0.15, 0.2) is 0 Å². The molecule has 2 fully saturated rings. The molecule has 2 N–H and O–H groups in total. The third kappa shape index (κ3) is 4.77. The standard InChI is InChI=1S/C17H29N3O3/c1-10-5-11(2)17(19-20(3)4)13(6-10)14(21)7-12-8-15(22)18-16(23)9-12/h10-14,21H,5-9H2,1-4H3,(H,18,22,23)/b19-17+/t10-,11+,13+,14-/m1/s1. The molecule has 2 rings (SSSR count). The molecule has 0 radical (unpaired) electrons. The van der Waals surface area contributed by atoms with E-state index in [1.165, 1.54) is 0 Å². The van der Waals surface area contributed by atoms with E-state index in [1.54, 1.807) is 5.01 Å². The van der Waals surface area contributed by atoms with Crippen LogP contribution in [0.1, 0.15) is 46.0 Å². The molecule has 0 aromatic heterocycles. The molecule has 1 heterocycles. The fourth-order valence-corrected chi connectivity index (χ4v) is 4.02. The molecule has 1 saturated heterocycles. The second-order valence-corrected chi connectivity index (χ2v) is 7.50. The highest BCUT2D eigenvalue weighted by Gasteiger charge is 2.37. The van der Waals surface area contributed by atoms with E-state index in [-0.39, 0.29) is 23.7 Å². The van der Waals surface area contributed by atoms with Crippen LogP contribution in [0, 0.1) is 23.7 Å². The van der Waals surface area contributed by atoms with Crippen molar-refractivity contribution in [2.24, 2.45) is 28.8 Å². The summed E-state index contributed by atoms with van der Waals surface area (Å²) in [6.07, 6.45) is 2.56. The van der Waals surface area contributed by atoms with Crippen molar-refractivity contribution in [2.75, 3.05) is 14.1 Å². The zero-order valence-corrected chi connectivity index (χ0v) is 14.6. The van der Waals surface area contributed by atoms with Gasteiger partial charge in [-0.2, -0.15) is 5.10 Å². The maximum atomic E-state index is 11.5. The number of nitrogens with zero attached hydrogens (tertiary/aromatic N) is 2. The van der Waals surface area contributed by atoms with E-state index in [0.29, 0.717) is 31.1 Å². The van der Waals surface area contributed by atoms with Crippen LogP contribution in [0.3, 0.4) is 0 Å². The minimum Gasteiger partial charge on any atom is -0.392 e. The third-order valence-corrected chi connectivity index (χ3v) is 4.88. The molecule has 6 heteroatoms. The highest BCUT2D eigenvalue weighted by Crippen LogP contribution is 2.35. The minimum absolute atomic E-state index is 0.0104. The first-order chi connectivity index (χ1) is 10.8. The van der Waals surface area contributed by atoms with E-state index >= 15 is 0 Å². The molecule has 2 aliphatic rings. The van der Waals surface area contributed by atoms with Gasteiger partial charge < -0.3 is 10.1 Å². The first-order valence-electron chi connectivity index (χ1n) is 8.52. The van der Waals surface area contributed by atoms with Crippen molar-refractivity contribution in [1.29, 1.82) is 0 Å². The number of hydrazone groups is 1. The molecular weight excluding hydrogens is 294 g/mol. The maximum absolute atomic E-state index is 11.5. The fraction of sp³-hybridized carbons (Fsp3) is 0.824. The number of hydrogen-bond acceptors (Lipinski definition) is 5. The number of amides is 2. The zero-order chi connectivity index (χ0) is 17.1. The highest BCUT2D eigenvalue weighted by molar-refractivity contribution is 5.97. The van der Waals surface area contributed by atoms with Crippen LogP contribution in [0.4, 0.5) is 0 Å². The normalized spacial score (nSPS) is 32.7. The fourth-order valence-electron chi connectivity index (χ4n) is 4.02. The summed E-state index contributed by atoms with van der Waals surface area (Å²) in [7, 11) is 3.79. The zero-order valence-electron chi connectivity index (χ0n) is 14.6. The molecule has 1 saturated carbocycles. The van der Waals surface area contributed by atoms with Gasteiger partial charge in [-0.25, -0.2) is 0 Å². The average Bonchev–Trinajstić information content (AvgIpc) is 2.39. The number of nitrogens with one attached hydrogen (secondary N) is 1. The summed E-state index contributed by atoms with van der Waals surface area (Å²) in [5, 5.41) is 19.5. The van der Waals surface area contributed by atoms with E-state index in [9.17, 15) is 14.7 Å². The summed E-state index contributed by atoms with van der Waals surface area (Å²) in [5.41, 5.74) is 1.05. The van der Waals surface area contributed by atoms with E-state index < -0.39 is 6.10 Å². The Morgan fingerprint density at radius 2 is 1.83 bits per heavy atom. The largest absolute Gasteiger partial charge is 0.392 e. The number of hydrogen-bond donors (Lipinski definition) is 2. The quantitative estimate of drug-likeness (QED) is 0.605. The molecule has 0 bridgehead atoms. The molecule has 0 unspecified atom stereocenters. The predicted molar refractivity (Wildman–Crippen MR) is 88.7 cm³/mol. The maximum Gasteiger partial charge on any atom is 0.226 e. The molecular formula is C17H29N3O3. The van der Waals surface area contributed by atoms with Gasteiger partial charge in [0.05, 0.1) is 6.10 Å². The summed E-state index contributed by atoms with van der Waals surface area (Å²) < 4.78 is 0. The summed E-state index contributed by atoms with van der Waals surface area (Å²) in [4.78, 5) is 23.0. The first kappa shape index (κ1) is 17.9. The average molecular weight is 323 g/mol. The molecule has 6 nitrogen and oxygen atoms in total. The lowest BCUT2D eigenvalue weighted by Crippen LogP contribution is -2.43.